The number of fused-ring (bicyclic) bond motifs is 3. The molecular weight excluding hydrogens is 374 g/mol. The van der Waals surface area contributed by atoms with Gasteiger partial charge in [0.2, 0.25) is 0 Å². The zero-order chi connectivity index (χ0) is 20.5. The number of pyridine rings is 1. The molecule has 0 saturated carbocycles. The second-order valence-corrected chi connectivity index (χ2v) is 7.87. The largest absolute Gasteiger partial charge is 0.391 e. The lowest BCUT2D eigenvalue weighted by Gasteiger charge is -2.26. The van der Waals surface area contributed by atoms with Gasteiger partial charge >= 0.3 is 0 Å². The van der Waals surface area contributed by atoms with Gasteiger partial charge in [-0.05, 0) is 31.9 Å². The van der Waals surface area contributed by atoms with Gasteiger partial charge in [-0.15, -0.1) is 0 Å². The average Bonchev–Trinajstić information content (AvgIpc) is 3.31. The lowest BCUT2D eigenvalue weighted by atomic mass is 9.84. The number of aryl methyl sites for hydroxylation is 2. The van der Waals surface area contributed by atoms with Crippen molar-refractivity contribution in [3.8, 4) is 0 Å². The summed E-state index contributed by atoms with van der Waals surface area (Å²) in [4.78, 5) is 14.4. The van der Waals surface area contributed by atoms with Crippen LogP contribution in [-0.4, -0.2) is 24.8 Å². The molecule has 0 saturated heterocycles. The summed E-state index contributed by atoms with van der Waals surface area (Å²) in [7, 11) is 2.15. The van der Waals surface area contributed by atoms with Gasteiger partial charge < -0.3 is 14.0 Å². The van der Waals surface area contributed by atoms with E-state index in [2.05, 4.69) is 50.4 Å². The number of nitrogens with zero attached hydrogens (tertiary/aromatic N) is 5. The van der Waals surface area contributed by atoms with Crippen molar-refractivity contribution >= 4 is 16.6 Å². The summed E-state index contributed by atoms with van der Waals surface area (Å²) >= 11 is 0. The predicted octanol–water partition coefficient (Wildman–Crippen LogP) is 4.26. The van der Waals surface area contributed by atoms with E-state index in [1.807, 2.05) is 37.6 Å². The monoisotopic (exact) mass is 399 g/mol. The number of para-hydroxylation sites is 1. The third-order valence-corrected chi connectivity index (χ3v) is 6.06. The maximum absolute atomic E-state index is 5.87. The van der Waals surface area contributed by atoms with Crippen molar-refractivity contribution in [2.75, 3.05) is 0 Å². The third kappa shape index (κ3) is 3.28. The smallest absolute Gasteiger partial charge is 0.143 e. The molecule has 1 atom stereocenters. The number of rotatable bonds is 5. The zero-order valence-electron chi connectivity index (χ0n) is 17.3. The highest BCUT2D eigenvalue weighted by Gasteiger charge is 2.31. The summed E-state index contributed by atoms with van der Waals surface area (Å²) in [6, 6.07) is 12.5. The van der Waals surface area contributed by atoms with Gasteiger partial charge in [0.25, 0.3) is 0 Å². The Bertz CT molecular complexity index is 1210. The van der Waals surface area contributed by atoms with E-state index in [9.17, 15) is 0 Å². The third-order valence-electron chi connectivity index (χ3n) is 6.06. The van der Waals surface area contributed by atoms with E-state index in [0.717, 1.165) is 36.5 Å². The Morgan fingerprint density at radius 2 is 2.07 bits per heavy atom. The predicted molar refractivity (Wildman–Crippen MR) is 117 cm³/mol. The molecule has 6 nitrogen and oxygen atoms in total. The number of aromatic nitrogens is 4. The summed E-state index contributed by atoms with van der Waals surface area (Å²) in [6.07, 6.45) is 9.54. The molecule has 5 rings (SSSR count). The Morgan fingerprint density at radius 1 is 1.17 bits per heavy atom. The summed E-state index contributed by atoms with van der Waals surface area (Å²) in [5.41, 5.74) is 5.84. The van der Waals surface area contributed by atoms with E-state index >= 15 is 0 Å². The standard InChI is InChI=1S/C24H25N5O/c1-17-26-12-13-29(17)15-19-9-10-22-23(20-7-3-4-8-21(20)28(22)2)24(19)27-30-16-18-6-5-11-25-14-18/h3-8,11-14,19H,9-10,15-16H2,1-2H3. The van der Waals surface area contributed by atoms with Crippen molar-refractivity contribution in [1.29, 1.82) is 0 Å². The second-order valence-electron chi connectivity index (χ2n) is 7.87. The van der Waals surface area contributed by atoms with Crippen LogP contribution in [-0.2, 0) is 31.5 Å². The molecular formula is C24H25N5O. The normalized spacial score (nSPS) is 17.4. The van der Waals surface area contributed by atoms with Crippen LogP contribution in [0.2, 0.25) is 0 Å². The molecule has 0 N–H and O–H groups in total. The minimum absolute atomic E-state index is 0.269. The molecule has 0 fully saturated rings. The SMILES string of the molecule is Cc1nccn1CC1CCc2c(c3ccccc3n2C)C1=NOCc1cccnc1. The first-order chi connectivity index (χ1) is 14.7. The van der Waals surface area contributed by atoms with Gasteiger partial charge in [-0.2, -0.15) is 0 Å². The molecule has 0 spiro atoms. The minimum atomic E-state index is 0.269. The van der Waals surface area contributed by atoms with Crippen LogP contribution in [0, 0.1) is 12.8 Å². The van der Waals surface area contributed by atoms with Crippen LogP contribution < -0.4 is 0 Å². The van der Waals surface area contributed by atoms with E-state index in [-0.39, 0.29) is 5.92 Å². The van der Waals surface area contributed by atoms with Crippen molar-refractivity contribution < 1.29 is 4.84 Å². The molecule has 1 aliphatic rings. The Kier molecular flexibility index (Phi) is 4.83. The van der Waals surface area contributed by atoms with Crippen molar-refractivity contribution in [2.45, 2.75) is 32.9 Å². The Labute approximate surface area is 175 Å². The zero-order valence-corrected chi connectivity index (χ0v) is 17.3. The molecule has 1 unspecified atom stereocenters. The fraction of sp³-hybridized carbons (Fsp3) is 0.292. The summed E-state index contributed by atoms with van der Waals surface area (Å²) in [6.45, 7) is 3.31. The summed E-state index contributed by atoms with van der Waals surface area (Å²) in [5, 5.41) is 5.96. The van der Waals surface area contributed by atoms with Crippen molar-refractivity contribution in [3.63, 3.8) is 0 Å². The van der Waals surface area contributed by atoms with Gasteiger partial charge in [0, 0.05) is 72.0 Å². The lowest BCUT2D eigenvalue weighted by Crippen LogP contribution is -2.28. The van der Waals surface area contributed by atoms with E-state index in [1.165, 1.54) is 22.2 Å². The molecule has 152 valence electrons. The first-order valence-corrected chi connectivity index (χ1v) is 10.4. The van der Waals surface area contributed by atoms with E-state index < -0.39 is 0 Å². The van der Waals surface area contributed by atoms with Gasteiger partial charge in [-0.1, -0.05) is 29.4 Å². The minimum Gasteiger partial charge on any atom is -0.391 e. The topological polar surface area (TPSA) is 57.2 Å². The maximum Gasteiger partial charge on any atom is 0.143 e. The molecule has 0 aliphatic heterocycles. The van der Waals surface area contributed by atoms with Crippen molar-refractivity contribution in [2.24, 2.45) is 18.1 Å². The molecule has 0 radical (unpaired) electrons. The van der Waals surface area contributed by atoms with Gasteiger partial charge in [0.15, 0.2) is 0 Å². The molecule has 4 aromatic rings. The highest BCUT2D eigenvalue weighted by Crippen LogP contribution is 2.35. The molecule has 1 aromatic carbocycles. The van der Waals surface area contributed by atoms with Crippen molar-refractivity contribution in [1.82, 2.24) is 19.1 Å². The van der Waals surface area contributed by atoms with E-state index in [4.69, 9.17) is 9.99 Å². The first-order valence-electron chi connectivity index (χ1n) is 10.4. The van der Waals surface area contributed by atoms with Crippen LogP contribution in [0.5, 0.6) is 0 Å². The number of oxime groups is 1. The summed E-state index contributed by atoms with van der Waals surface area (Å²) < 4.78 is 4.51. The Balaban J connectivity index is 1.55. The second kappa shape index (κ2) is 7.78. The van der Waals surface area contributed by atoms with Crippen molar-refractivity contribution in [3.05, 3.63) is 83.8 Å². The summed E-state index contributed by atoms with van der Waals surface area (Å²) in [5.74, 6) is 1.29. The van der Waals surface area contributed by atoms with Crippen LogP contribution in [0.25, 0.3) is 10.9 Å². The van der Waals surface area contributed by atoms with Crippen LogP contribution in [0.1, 0.15) is 29.1 Å². The molecule has 0 amide bonds. The van der Waals surface area contributed by atoms with E-state index in [1.54, 1.807) is 6.20 Å². The highest BCUT2D eigenvalue weighted by atomic mass is 16.6. The van der Waals surface area contributed by atoms with Crippen LogP contribution in [0.4, 0.5) is 0 Å². The molecule has 6 heteroatoms. The Hall–Kier alpha value is -3.41. The van der Waals surface area contributed by atoms with Crippen LogP contribution in [0.15, 0.2) is 66.3 Å². The highest BCUT2D eigenvalue weighted by molar-refractivity contribution is 6.13. The fourth-order valence-electron chi connectivity index (χ4n) is 4.47. The molecule has 3 aromatic heterocycles. The quantitative estimate of drug-likeness (QED) is 0.471. The van der Waals surface area contributed by atoms with Crippen LogP contribution >= 0.6 is 0 Å². The van der Waals surface area contributed by atoms with Gasteiger partial charge in [-0.3, -0.25) is 4.98 Å². The number of imidazole rings is 1. The number of hydrogen-bond acceptors (Lipinski definition) is 4. The molecule has 3 heterocycles. The lowest BCUT2D eigenvalue weighted by molar-refractivity contribution is 0.128. The molecule has 0 bridgehead atoms. The number of benzene rings is 1. The van der Waals surface area contributed by atoms with Gasteiger partial charge in [0.05, 0.1) is 5.71 Å². The molecule has 30 heavy (non-hydrogen) atoms. The Morgan fingerprint density at radius 3 is 2.87 bits per heavy atom. The first kappa shape index (κ1) is 18.6. The van der Waals surface area contributed by atoms with E-state index in [0.29, 0.717) is 6.61 Å². The van der Waals surface area contributed by atoms with Gasteiger partial charge in [0.1, 0.15) is 12.4 Å². The van der Waals surface area contributed by atoms with Crippen LogP contribution in [0.3, 0.4) is 0 Å². The fourth-order valence-corrected chi connectivity index (χ4v) is 4.47. The average molecular weight is 399 g/mol. The number of hydrogen-bond donors (Lipinski definition) is 0. The van der Waals surface area contributed by atoms with Gasteiger partial charge in [-0.25, -0.2) is 4.98 Å². The molecule has 1 aliphatic carbocycles. The maximum atomic E-state index is 5.87.